The Balaban J connectivity index is 1.32. The summed E-state index contributed by atoms with van der Waals surface area (Å²) in [5.74, 6) is 3.42. The molecule has 29 heavy (non-hydrogen) atoms. The summed E-state index contributed by atoms with van der Waals surface area (Å²) in [5.41, 5.74) is 4.75. The largest absolute Gasteiger partial charge is 0.489 e. The summed E-state index contributed by atoms with van der Waals surface area (Å²) in [6, 6.07) is 17.3. The van der Waals surface area contributed by atoms with Crippen molar-refractivity contribution >= 4 is 0 Å². The molecule has 2 heteroatoms. The van der Waals surface area contributed by atoms with Crippen LogP contribution in [0.2, 0.25) is 0 Å². The Morgan fingerprint density at radius 2 is 1.86 bits per heavy atom. The van der Waals surface area contributed by atoms with E-state index in [2.05, 4.69) is 62.4 Å². The molecule has 2 fully saturated rings. The van der Waals surface area contributed by atoms with Crippen molar-refractivity contribution in [3.8, 4) is 5.75 Å². The van der Waals surface area contributed by atoms with E-state index in [9.17, 15) is 0 Å². The average Bonchev–Trinajstić information content (AvgIpc) is 3.09. The molecule has 5 rings (SSSR count). The SMILES string of the molecule is CCO[C@H]1CC[C@H]2[C@@H]3CCc4cc(OCc5ccccc5)ccc4[C@H]3CC[C@]12C. The number of benzene rings is 2. The van der Waals surface area contributed by atoms with Crippen molar-refractivity contribution in [3.05, 3.63) is 65.2 Å². The fraction of sp³-hybridized carbons (Fsp3) is 0.556. The number of aryl methyl sites for hydroxylation is 1. The number of hydrogen-bond donors (Lipinski definition) is 0. The van der Waals surface area contributed by atoms with E-state index in [-0.39, 0.29) is 0 Å². The van der Waals surface area contributed by atoms with Crippen LogP contribution in [0.25, 0.3) is 0 Å². The van der Waals surface area contributed by atoms with E-state index in [0.717, 1.165) is 30.1 Å². The first kappa shape index (κ1) is 19.2. The molecule has 0 unspecified atom stereocenters. The van der Waals surface area contributed by atoms with Crippen LogP contribution in [-0.4, -0.2) is 12.7 Å². The van der Waals surface area contributed by atoms with Gasteiger partial charge in [0, 0.05) is 6.61 Å². The second-order valence-electron chi connectivity index (χ2n) is 9.62. The van der Waals surface area contributed by atoms with E-state index < -0.39 is 0 Å². The third-order valence-corrected chi connectivity index (χ3v) is 8.23. The monoisotopic (exact) mass is 390 g/mol. The van der Waals surface area contributed by atoms with Gasteiger partial charge >= 0.3 is 0 Å². The zero-order valence-corrected chi connectivity index (χ0v) is 17.9. The van der Waals surface area contributed by atoms with Crippen molar-refractivity contribution < 1.29 is 9.47 Å². The molecule has 5 atom stereocenters. The van der Waals surface area contributed by atoms with Crippen LogP contribution in [-0.2, 0) is 17.8 Å². The predicted octanol–water partition coefficient (Wildman–Crippen LogP) is 6.53. The molecule has 2 nitrogen and oxygen atoms in total. The summed E-state index contributed by atoms with van der Waals surface area (Å²) in [5, 5.41) is 0. The summed E-state index contributed by atoms with van der Waals surface area (Å²) < 4.78 is 12.3. The van der Waals surface area contributed by atoms with Crippen LogP contribution in [0.15, 0.2) is 48.5 Å². The third kappa shape index (κ3) is 3.40. The normalized spacial score (nSPS) is 32.9. The van der Waals surface area contributed by atoms with Gasteiger partial charge in [0.25, 0.3) is 0 Å². The fourth-order valence-electron chi connectivity index (χ4n) is 6.82. The maximum absolute atomic E-state index is 6.19. The lowest BCUT2D eigenvalue weighted by atomic mass is 9.55. The van der Waals surface area contributed by atoms with Gasteiger partial charge in [-0.15, -0.1) is 0 Å². The predicted molar refractivity (Wildman–Crippen MR) is 117 cm³/mol. The van der Waals surface area contributed by atoms with E-state index in [1.54, 1.807) is 5.56 Å². The van der Waals surface area contributed by atoms with Crippen LogP contribution in [0.4, 0.5) is 0 Å². The average molecular weight is 391 g/mol. The second-order valence-corrected chi connectivity index (χ2v) is 9.62. The Morgan fingerprint density at radius 3 is 2.69 bits per heavy atom. The Bertz CT molecular complexity index is 845. The van der Waals surface area contributed by atoms with Crippen molar-refractivity contribution in [1.29, 1.82) is 0 Å². The molecule has 0 saturated heterocycles. The molecule has 3 aliphatic carbocycles. The first-order valence-electron chi connectivity index (χ1n) is 11.6. The molecule has 0 radical (unpaired) electrons. The molecule has 0 heterocycles. The molecule has 2 aromatic rings. The first-order valence-corrected chi connectivity index (χ1v) is 11.6. The van der Waals surface area contributed by atoms with Crippen molar-refractivity contribution in [2.24, 2.45) is 17.3 Å². The smallest absolute Gasteiger partial charge is 0.120 e. The third-order valence-electron chi connectivity index (χ3n) is 8.23. The molecular weight excluding hydrogens is 356 g/mol. The van der Waals surface area contributed by atoms with Crippen LogP contribution in [0.1, 0.15) is 68.6 Å². The zero-order valence-electron chi connectivity index (χ0n) is 17.9. The van der Waals surface area contributed by atoms with Gasteiger partial charge in [-0.25, -0.2) is 0 Å². The Kier molecular flexibility index (Phi) is 5.16. The maximum Gasteiger partial charge on any atom is 0.120 e. The van der Waals surface area contributed by atoms with Crippen LogP contribution in [0.3, 0.4) is 0 Å². The highest BCUT2D eigenvalue weighted by molar-refractivity contribution is 5.41. The lowest BCUT2D eigenvalue weighted by molar-refractivity contribution is -0.0600. The topological polar surface area (TPSA) is 18.5 Å². The fourth-order valence-corrected chi connectivity index (χ4v) is 6.82. The molecule has 2 aromatic carbocycles. The minimum absolute atomic E-state index is 0.396. The van der Waals surface area contributed by atoms with Crippen molar-refractivity contribution in [2.45, 2.75) is 71.0 Å². The van der Waals surface area contributed by atoms with Crippen molar-refractivity contribution in [3.63, 3.8) is 0 Å². The molecule has 0 amide bonds. The van der Waals surface area contributed by atoms with Gasteiger partial charge in [0.2, 0.25) is 0 Å². The number of rotatable bonds is 5. The van der Waals surface area contributed by atoms with Crippen molar-refractivity contribution in [2.75, 3.05) is 6.61 Å². The molecule has 0 spiro atoms. The number of ether oxygens (including phenoxy) is 2. The van der Waals surface area contributed by atoms with Gasteiger partial charge in [0.15, 0.2) is 0 Å². The zero-order chi connectivity index (χ0) is 19.8. The van der Waals surface area contributed by atoms with Gasteiger partial charge in [-0.3, -0.25) is 0 Å². The molecule has 0 N–H and O–H groups in total. The van der Waals surface area contributed by atoms with Gasteiger partial charge in [-0.2, -0.15) is 0 Å². The van der Waals surface area contributed by atoms with E-state index in [1.807, 2.05) is 0 Å². The van der Waals surface area contributed by atoms with E-state index in [1.165, 1.54) is 49.7 Å². The maximum atomic E-state index is 6.19. The van der Waals surface area contributed by atoms with Crippen LogP contribution in [0.5, 0.6) is 5.75 Å². The minimum Gasteiger partial charge on any atom is -0.489 e. The highest BCUT2D eigenvalue weighted by Crippen LogP contribution is 2.61. The standard InChI is InChI=1S/C27H34O2/c1-3-28-26-14-13-25-24-11-9-20-17-21(29-18-19-7-5-4-6-8-19)10-12-22(20)23(24)15-16-27(25,26)2/h4-8,10,12,17,23-26H,3,9,11,13-16,18H2,1-2H3/t23-,24-,25+,26+,27+/m1/s1. The van der Waals surface area contributed by atoms with E-state index in [4.69, 9.17) is 9.47 Å². The van der Waals surface area contributed by atoms with Crippen LogP contribution in [0, 0.1) is 17.3 Å². The summed E-state index contributed by atoms with van der Waals surface area (Å²) in [6.07, 6.45) is 8.26. The molecule has 154 valence electrons. The first-order chi connectivity index (χ1) is 14.2. The molecule has 0 bridgehead atoms. The molecule has 2 saturated carbocycles. The highest BCUT2D eigenvalue weighted by atomic mass is 16.5. The minimum atomic E-state index is 0.396. The second kappa shape index (κ2) is 7.80. The quantitative estimate of drug-likeness (QED) is 0.578. The Labute approximate surface area is 175 Å². The van der Waals surface area contributed by atoms with E-state index >= 15 is 0 Å². The van der Waals surface area contributed by atoms with Gasteiger partial charge in [-0.05, 0) is 97.4 Å². The Morgan fingerprint density at radius 1 is 1.00 bits per heavy atom. The lowest BCUT2D eigenvalue weighted by Gasteiger charge is -2.50. The van der Waals surface area contributed by atoms with Gasteiger partial charge < -0.3 is 9.47 Å². The van der Waals surface area contributed by atoms with Crippen LogP contribution < -0.4 is 4.74 Å². The van der Waals surface area contributed by atoms with Gasteiger partial charge in [0.1, 0.15) is 12.4 Å². The highest BCUT2D eigenvalue weighted by Gasteiger charge is 2.55. The van der Waals surface area contributed by atoms with Crippen LogP contribution >= 0.6 is 0 Å². The lowest BCUT2D eigenvalue weighted by Crippen LogP contribution is -2.44. The molecule has 3 aliphatic rings. The molecule has 0 aromatic heterocycles. The number of fused-ring (bicyclic) bond motifs is 5. The molecule has 0 aliphatic heterocycles. The summed E-state index contributed by atoms with van der Waals surface area (Å²) in [4.78, 5) is 0. The summed E-state index contributed by atoms with van der Waals surface area (Å²) in [7, 11) is 0. The van der Waals surface area contributed by atoms with Crippen molar-refractivity contribution in [1.82, 2.24) is 0 Å². The van der Waals surface area contributed by atoms with Gasteiger partial charge in [0.05, 0.1) is 6.10 Å². The number of hydrogen-bond acceptors (Lipinski definition) is 2. The Hall–Kier alpha value is -1.80. The summed E-state index contributed by atoms with van der Waals surface area (Å²) in [6.45, 7) is 6.18. The van der Waals surface area contributed by atoms with E-state index in [0.29, 0.717) is 18.1 Å². The van der Waals surface area contributed by atoms with Gasteiger partial charge in [-0.1, -0.05) is 43.3 Å². The summed E-state index contributed by atoms with van der Waals surface area (Å²) >= 11 is 0. The molecular formula is C27H34O2.